The van der Waals surface area contributed by atoms with E-state index < -0.39 is 5.69 Å². The Morgan fingerprint density at radius 2 is 1.93 bits per heavy atom. The van der Waals surface area contributed by atoms with Crippen molar-refractivity contribution in [2.45, 2.75) is 26.2 Å². The van der Waals surface area contributed by atoms with Crippen LogP contribution in [0, 0.1) is 5.92 Å². The average molecular weight is 410 g/mol. The van der Waals surface area contributed by atoms with E-state index >= 15 is 0 Å². The number of nitrogens with one attached hydrogen (secondary N) is 1. The first-order valence-corrected chi connectivity index (χ1v) is 9.96. The number of hydrogen-bond donors (Lipinski definition) is 1. The Morgan fingerprint density at radius 1 is 1.17 bits per heavy atom. The van der Waals surface area contributed by atoms with Gasteiger partial charge >= 0.3 is 5.69 Å². The van der Waals surface area contributed by atoms with Gasteiger partial charge in [0.2, 0.25) is 0 Å². The maximum absolute atomic E-state index is 12.2. The zero-order chi connectivity index (χ0) is 20.4. The van der Waals surface area contributed by atoms with Gasteiger partial charge in [0.25, 0.3) is 0 Å². The number of carbonyl (C=O) groups excluding carboxylic acids is 1. The van der Waals surface area contributed by atoms with Crippen LogP contribution in [0.15, 0.2) is 47.3 Å². The van der Waals surface area contributed by atoms with Crippen LogP contribution >= 0.6 is 11.6 Å². The predicted octanol–water partition coefficient (Wildman–Crippen LogP) is 4.53. The molecular weight excluding hydrogens is 390 g/mol. The number of benzene rings is 2. The van der Waals surface area contributed by atoms with Gasteiger partial charge in [0, 0.05) is 23.1 Å². The number of H-pyrrole nitrogens is 1. The van der Waals surface area contributed by atoms with Crippen LogP contribution in [0.3, 0.4) is 0 Å². The molecule has 0 unspecified atom stereocenters. The molecule has 0 aliphatic heterocycles. The van der Waals surface area contributed by atoms with E-state index in [4.69, 9.17) is 16.3 Å². The van der Waals surface area contributed by atoms with Crippen LogP contribution in [-0.4, -0.2) is 27.3 Å². The van der Waals surface area contributed by atoms with Gasteiger partial charge < -0.3 is 4.74 Å². The van der Waals surface area contributed by atoms with Crippen LogP contribution in [0.25, 0.3) is 22.8 Å². The molecule has 0 radical (unpaired) electrons. The van der Waals surface area contributed by atoms with Crippen molar-refractivity contribution in [1.29, 1.82) is 0 Å². The van der Waals surface area contributed by atoms with E-state index in [0.717, 1.165) is 12.4 Å². The first-order chi connectivity index (χ1) is 14.0. The lowest BCUT2D eigenvalue weighted by atomic mass is 10.1. The lowest BCUT2D eigenvalue weighted by molar-refractivity contribution is 0.0988. The molecule has 6 nitrogen and oxygen atoms in total. The van der Waals surface area contributed by atoms with Crippen molar-refractivity contribution < 1.29 is 9.53 Å². The van der Waals surface area contributed by atoms with E-state index in [2.05, 4.69) is 15.0 Å². The summed E-state index contributed by atoms with van der Waals surface area (Å²) in [5.41, 5.74) is 1.15. The number of ketones is 1. The summed E-state index contributed by atoms with van der Waals surface area (Å²) in [6.07, 6.45) is 2.84. The van der Waals surface area contributed by atoms with Crippen LogP contribution in [0.5, 0.6) is 5.75 Å². The third-order valence-corrected chi connectivity index (χ3v) is 5.14. The van der Waals surface area contributed by atoms with Crippen LogP contribution in [0.4, 0.5) is 0 Å². The van der Waals surface area contributed by atoms with Gasteiger partial charge in [0.15, 0.2) is 11.6 Å². The smallest absolute Gasteiger partial charge is 0.348 e. The molecule has 148 valence electrons. The standard InChI is InChI=1S/C22H20ClN3O3/c1-2-19(27)15-7-10-18(23)17(11-15)21-24-20(25-22(28)26-21)14-5-8-16(9-6-14)29-12-13-3-4-13/h5-11,13H,2-4,12H2,1H3,(H,24,25,26,28). The van der Waals surface area contributed by atoms with Crippen molar-refractivity contribution in [2.24, 2.45) is 5.92 Å². The van der Waals surface area contributed by atoms with Crippen LogP contribution in [-0.2, 0) is 0 Å². The first-order valence-electron chi connectivity index (χ1n) is 9.58. The predicted molar refractivity (Wildman–Crippen MR) is 111 cm³/mol. The van der Waals surface area contributed by atoms with Crippen LogP contribution in [0.2, 0.25) is 5.02 Å². The van der Waals surface area contributed by atoms with E-state index in [1.165, 1.54) is 12.8 Å². The second-order valence-electron chi connectivity index (χ2n) is 7.08. The van der Waals surface area contributed by atoms with E-state index in [-0.39, 0.29) is 17.4 Å². The summed E-state index contributed by atoms with van der Waals surface area (Å²) in [6.45, 7) is 2.52. The fraction of sp³-hybridized carbons (Fsp3) is 0.273. The Morgan fingerprint density at radius 3 is 2.62 bits per heavy atom. The van der Waals surface area contributed by atoms with Crippen LogP contribution in [0.1, 0.15) is 36.5 Å². The molecule has 4 rings (SSSR count). The molecule has 1 heterocycles. The molecule has 1 fully saturated rings. The topological polar surface area (TPSA) is 84.9 Å². The second kappa shape index (κ2) is 8.17. The maximum Gasteiger partial charge on any atom is 0.348 e. The van der Waals surface area contributed by atoms with Crippen molar-refractivity contribution in [3.63, 3.8) is 0 Å². The summed E-state index contributed by atoms with van der Waals surface area (Å²) in [4.78, 5) is 35.2. The minimum absolute atomic E-state index is 0.0127. The lowest BCUT2D eigenvalue weighted by Gasteiger charge is -2.08. The molecule has 1 N–H and O–H groups in total. The third-order valence-electron chi connectivity index (χ3n) is 4.81. The third kappa shape index (κ3) is 4.54. The SMILES string of the molecule is CCC(=O)c1ccc(Cl)c(-c2nc(-c3ccc(OCC4CC4)cc3)nc(=O)[nH]2)c1. The highest BCUT2D eigenvalue weighted by atomic mass is 35.5. The molecular formula is C22H20ClN3O3. The quantitative estimate of drug-likeness (QED) is 0.579. The molecule has 1 aromatic heterocycles. The van der Waals surface area contributed by atoms with Gasteiger partial charge in [-0.3, -0.25) is 9.78 Å². The number of ether oxygens (including phenoxy) is 1. The molecule has 3 aromatic rings. The molecule has 1 aliphatic rings. The zero-order valence-corrected chi connectivity index (χ0v) is 16.7. The van der Waals surface area contributed by atoms with E-state index in [9.17, 15) is 9.59 Å². The van der Waals surface area contributed by atoms with Crippen molar-refractivity contribution in [2.75, 3.05) is 6.61 Å². The monoisotopic (exact) mass is 409 g/mol. The first kappa shape index (κ1) is 19.3. The Balaban J connectivity index is 1.66. The zero-order valence-electron chi connectivity index (χ0n) is 15.9. The maximum atomic E-state index is 12.2. The number of hydrogen-bond acceptors (Lipinski definition) is 5. The average Bonchev–Trinajstić information content (AvgIpc) is 3.56. The fourth-order valence-electron chi connectivity index (χ4n) is 2.92. The molecule has 1 saturated carbocycles. The molecule has 0 saturated heterocycles. The lowest BCUT2D eigenvalue weighted by Crippen LogP contribution is -2.14. The van der Waals surface area contributed by atoms with Crippen molar-refractivity contribution in [3.8, 4) is 28.5 Å². The summed E-state index contributed by atoms with van der Waals surface area (Å²) in [6, 6.07) is 12.3. The number of rotatable bonds is 7. The minimum Gasteiger partial charge on any atom is -0.493 e. The summed E-state index contributed by atoms with van der Waals surface area (Å²) >= 11 is 6.31. The highest BCUT2D eigenvalue weighted by molar-refractivity contribution is 6.33. The summed E-state index contributed by atoms with van der Waals surface area (Å²) < 4.78 is 5.74. The number of nitrogens with zero attached hydrogens (tertiary/aromatic N) is 2. The molecule has 0 bridgehead atoms. The van der Waals surface area contributed by atoms with Gasteiger partial charge in [-0.2, -0.15) is 4.98 Å². The van der Waals surface area contributed by atoms with Crippen molar-refractivity contribution >= 4 is 17.4 Å². The highest BCUT2D eigenvalue weighted by Crippen LogP contribution is 2.30. The second-order valence-corrected chi connectivity index (χ2v) is 7.48. The number of aromatic nitrogens is 3. The van der Waals surface area contributed by atoms with Gasteiger partial charge in [0.05, 0.1) is 11.6 Å². The Hall–Kier alpha value is -2.99. The molecule has 1 aliphatic carbocycles. The highest BCUT2D eigenvalue weighted by Gasteiger charge is 2.21. The minimum atomic E-state index is -0.539. The molecule has 29 heavy (non-hydrogen) atoms. The molecule has 0 spiro atoms. The number of carbonyl (C=O) groups is 1. The van der Waals surface area contributed by atoms with E-state index in [1.54, 1.807) is 25.1 Å². The molecule has 0 amide bonds. The molecule has 7 heteroatoms. The van der Waals surface area contributed by atoms with Crippen molar-refractivity contribution in [3.05, 3.63) is 63.5 Å². The summed E-state index contributed by atoms with van der Waals surface area (Å²) in [5, 5.41) is 0.391. The van der Waals surface area contributed by atoms with Crippen molar-refractivity contribution in [1.82, 2.24) is 15.0 Å². The van der Waals surface area contributed by atoms with Gasteiger partial charge in [-0.15, -0.1) is 0 Å². The Bertz CT molecular complexity index is 1110. The molecule has 2 aromatic carbocycles. The summed E-state index contributed by atoms with van der Waals surface area (Å²) in [5.74, 6) is 1.99. The largest absolute Gasteiger partial charge is 0.493 e. The summed E-state index contributed by atoms with van der Waals surface area (Å²) in [7, 11) is 0. The number of Topliss-reactive ketones (excluding diaryl/α,β-unsaturated/α-hetero) is 1. The number of halogens is 1. The number of aromatic amines is 1. The normalized spacial score (nSPS) is 13.3. The van der Waals surface area contributed by atoms with Gasteiger partial charge in [-0.25, -0.2) is 9.78 Å². The Kier molecular flexibility index (Phi) is 5.45. The Labute approximate surface area is 172 Å². The fourth-order valence-corrected chi connectivity index (χ4v) is 3.13. The van der Waals surface area contributed by atoms with E-state index in [1.807, 2.05) is 24.3 Å². The van der Waals surface area contributed by atoms with Crippen LogP contribution < -0.4 is 10.4 Å². The van der Waals surface area contributed by atoms with E-state index in [0.29, 0.717) is 34.1 Å². The van der Waals surface area contributed by atoms with Gasteiger partial charge in [0.1, 0.15) is 11.6 Å². The van der Waals surface area contributed by atoms with Gasteiger partial charge in [-0.1, -0.05) is 18.5 Å². The van der Waals surface area contributed by atoms with Gasteiger partial charge in [-0.05, 0) is 61.2 Å². The molecule has 0 atom stereocenters.